The van der Waals surface area contributed by atoms with Crippen LogP contribution >= 0.6 is 23.5 Å². The summed E-state index contributed by atoms with van der Waals surface area (Å²) in [6, 6.07) is -19.8. The van der Waals surface area contributed by atoms with Crippen molar-refractivity contribution in [1.82, 2.24) is 74.4 Å². The number of nitrogens with zero attached hydrogens (tertiary/aromatic N) is 3. The lowest BCUT2D eigenvalue weighted by Gasteiger charge is -2.27. The number of aliphatic carboxylic acids is 4. The number of hydrogen-bond acceptors (Lipinski definition) is 24. The van der Waals surface area contributed by atoms with Gasteiger partial charge in [0.15, 0.2) is 17.9 Å². The quantitative estimate of drug-likeness (QED) is 0.0153. The number of carbonyl (C=O) groups is 18. The highest BCUT2D eigenvalue weighted by molar-refractivity contribution is 7.98. The normalized spacial score (nSPS) is 14.5. The fourth-order valence-electron chi connectivity index (χ4n) is 9.75. The second-order valence-electron chi connectivity index (χ2n) is 25.5. The third kappa shape index (κ3) is 42.8. The van der Waals surface area contributed by atoms with Gasteiger partial charge in [-0.3, -0.25) is 96.5 Å². The highest BCUT2D eigenvalue weighted by Gasteiger charge is 2.37. The molecule has 632 valence electrons. The van der Waals surface area contributed by atoms with E-state index in [-0.39, 0.29) is 100 Å². The van der Waals surface area contributed by atoms with Crippen LogP contribution in [0.2, 0.25) is 0 Å². The van der Waals surface area contributed by atoms with Crippen molar-refractivity contribution in [3.05, 3.63) is 0 Å². The Morgan fingerprint density at radius 3 is 0.982 bits per heavy atom. The number of aliphatic imine (C=N–C) groups is 3. The van der Waals surface area contributed by atoms with Gasteiger partial charge in [0.2, 0.25) is 82.7 Å². The Labute approximate surface area is 654 Å². The Kier molecular flexibility index (Phi) is 49.1. The van der Waals surface area contributed by atoms with Gasteiger partial charge in [-0.15, -0.1) is 0 Å². The van der Waals surface area contributed by atoms with Crippen LogP contribution in [0.5, 0.6) is 0 Å². The standard InChI is InChI=1S/C64H112N24O22S2/c1-9-30(2)48(88-43(89)28-65)60(108)87-42(27-47(95)96)59(107)79-33(5)49(97)81-35(13-10-22-72-62(66)67)53(101)75-29-44(90)80-39(20-25-111-7)57(105)84-37(16-18-45(91)92)55(103)77-31(3)50(98)82-36(14-11-23-73-63(68)69)54(102)76-32(4)51(99)83-40(21-26-112-8)58(106)85-38(17-19-46(93)94)56(104)78-34(6)52(100)86-41(61(109)110)15-12-24-74-64(70)71/h30-42,48H,9-29,65H2,1-8H3,(H,75,101)(H,76,102)(H,77,103)(H,78,104)(H,79,107)(H,80,90)(H,81,97)(H,82,98)(H,83,99)(H,84,105)(H,85,106)(H,86,100)(H,87,108)(H,88,89)(H,91,92)(H,93,94)(H,95,96)(H,109,110)(H4,66,67,72)(H4,68,69,73)(H4,70,71,74)/t30-,31-,32-,33-,34-,35-,36-,37-,38-,39-,40-,41-,42-,48-/m0/s1. The molecule has 0 aliphatic carbocycles. The van der Waals surface area contributed by atoms with Gasteiger partial charge in [-0.05, 0) is 122 Å². The van der Waals surface area contributed by atoms with E-state index in [2.05, 4.69) is 89.4 Å². The van der Waals surface area contributed by atoms with E-state index in [1.165, 1.54) is 44.3 Å². The molecule has 0 rings (SSSR count). The van der Waals surface area contributed by atoms with Crippen LogP contribution in [-0.2, 0) is 86.3 Å². The molecule has 14 atom stereocenters. The maximum atomic E-state index is 14.0. The molecule has 0 spiro atoms. The Morgan fingerprint density at radius 1 is 0.348 bits per heavy atom. The van der Waals surface area contributed by atoms with Gasteiger partial charge in [0.05, 0.1) is 19.5 Å². The molecule has 48 heteroatoms. The predicted octanol–water partition coefficient (Wildman–Crippen LogP) is -9.55. The topological polar surface area (TPSA) is 776 Å². The molecule has 0 aromatic rings. The molecule has 0 aromatic heterocycles. The number of rotatable bonds is 57. The van der Waals surface area contributed by atoms with Crippen LogP contribution in [0, 0.1) is 5.92 Å². The van der Waals surface area contributed by atoms with Crippen molar-refractivity contribution >= 4 is 148 Å². The summed E-state index contributed by atoms with van der Waals surface area (Å²) in [5, 5.41) is 71.7. The van der Waals surface area contributed by atoms with Crippen molar-refractivity contribution < 1.29 is 107 Å². The fourth-order valence-corrected chi connectivity index (χ4v) is 10.7. The molecule has 0 heterocycles. The van der Waals surface area contributed by atoms with E-state index < -0.39 is 236 Å². The first kappa shape index (κ1) is 101. The second kappa shape index (κ2) is 54.5. The van der Waals surface area contributed by atoms with Gasteiger partial charge >= 0.3 is 23.9 Å². The molecule has 0 fully saturated rings. The van der Waals surface area contributed by atoms with Crippen LogP contribution in [0.1, 0.15) is 131 Å². The maximum absolute atomic E-state index is 14.0. The molecule has 0 aliphatic rings. The fraction of sp³-hybridized carbons (Fsp3) is 0.672. The predicted molar refractivity (Wildman–Crippen MR) is 409 cm³/mol. The second-order valence-corrected chi connectivity index (χ2v) is 27.5. The Bertz CT molecular complexity index is 3320. The minimum atomic E-state index is -1.78. The first-order chi connectivity index (χ1) is 52.5. The molecular formula is C64H112N24O22S2. The van der Waals surface area contributed by atoms with Gasteiger partial charge in [-0.1, -0.05) is 20.3 Å². The third-order valence-electron chi connectivity index (χ3n) is 16.2. The van der Waals surface area contributed by atoms with E-state index in [1.807, 2.05) is 0 Å². The number of carbonyl (C=O) groups excluding carboxylic acids is 14. The average molecular weight is 1630 g/mol. The Hall–Kier alpha value is -11.1. The Balaban J connectivity index is 6.63. The monoisotopic (exact) mass is 1630 g/mol. The van der Waals surface area contributed by atoms with Gasteiger partial charge < -0.3 is 135 Å². The zero-order valence-electron chi connectivity index (χ0n) is 63.8. The minimum absolute atomic E-state index is 0.0127. The zero-order valence-corrected chi connectivity index (χ0v) is 65.4. The summed E-state index contributed by atoms with van der Waals surface area (Å²) in [7, 11) is 0. The van der Waals surface area contributed by atoms with Gasteiger partial charge in [-0.2, -0.15) is 23.5 Å². The third-order valence-corrected chi connectivity index (χ3v) is 17.5. The number of hydrogen-bond donors (Lipinski definition) is 25. The number of carboxylic acids is 4. The number of thioether (sulfide) groups is 2. The van der Waals surface area contributed by atoms with Crippen molar-refractivity contribution in [2.24, 2.45) is 61.0 Å². The van der Waals surface area contributed by atoms with E-state index in [4.69, 9.17) is 40.1 Å². The lowest BCUT2D eigenvalue weighted by Crippen LogP contribution is -2.60. The highest BCUT2D eigenvalue weighted by Crippen LogP contribution is 2.13. The van der Waals surface area contributed by atoms with Crippen molar-refractivity contribution in [3.63, 3.8) is 0 Å². The molecule has 0 radical (unpaired) electrons. The summed E-state index contributed by atoms with van der Waals surface area (Å²) < 4.78 is 0. The van der Waals surface area contributed by atoms with Gasteiger partial charge in [0.1, 0.15) is 78.5 Å². The molecule has 0 bridgehead atoms. The van der Waals surface area contributed by atoms with Crippen LogP contribution < -0.4 is 115 Å². The first-order valence-corrected chi connectivity index (χ1v) is 38.2. The molecule has 14 amide bonds. The Morgan fingerprint density at radius 2 is 0.652 bits per heavy atom. The van der Waals surface area contributed by atoms with Crippen molar-refractivity contribution in [3.8, 4) is 0 Å². The number of nitrogens with two attached hydrogens (primary N) is 7. The van der Waals surface area contributed by atoms with Gasteiger partial charge in [0, 0.05) is 32.5 Å². The molecular weight excluding hydrogens is 1520 g/mol. The molecule has 112 heavy (non-hydrogen) atoms. The molecule has 0 saturated heterocycles. The average Bonchev–Trinajstić information content (AvgIpc) is 0.870. The summed E-state index contributed by atoms with van der Waals surface area (Å²) in [4.78, 5) is 249. The molecule has 0 aliphatic heterocycles. The smallest absolute Gasteiger partial charge is 0.326 e. The van der Waals surface area contributed by atoms with Gasteiger partial charge in [-0.25, -0.2) is 4.79 Å². The largest absolute Gasteiger partial charge is 0.481 e. The van der Waals surface area contributed by atoms with E-state index in [0.717, 1.165) is 6.92 Å². The van der Waals surface area contributed by atoms with Crippen LogP contribution in [0.25, 0.3) is 0 Å². The molecule has 0 aromatic carbocycles. The summed E-state index contributed by atoms with van der Waals surface area (Å²) in [6.07, 6.45) is -0.343. The van der Waals surface area contributed by atoms with E-state index in [1.54, 1.807) is 26.4 Å². The molecule has 0 saturated carbocycles. The number of amides is 14. The zero-order chi connectivity index (χ0) is 85.5. The van der Waals surface area contributed by atoms with Crippen LogP contribution in [0.15, 0.2) is 15.0 Å². The summed E-state index contributed by atoms with van der Waals surface area (Å²) in [6.45, 7) is 6.64. The van der Waals surface area contributed by atoms with E-state index >= 15 is 0 Å². The van der Waals surface area contributed by atoms with E-state index in [0.29, 0.717) is 6.42 Å². The van der Waals surface area contributed by atoms with Crippen molar-refractivity contribution in [2.75, 3.05) is 56.7 Å². The number of guanidine groups is 3. The SMILES string of the molecule is CC[C@H](C)[C@H](NC(=O)CN)C(=O)N[C@@H](CC(=O)O)C(=O)N[C@@H](C)C(=O)N[C@@H](CCCN=C(N)N)C(=O)NCC(=O)N[C@@H](CCSC)C(=O)N[C@@H](CCC(=O)O)C(=O)N[C@@H](C)C(=O)N[C@@H](CCCN=C(N)N)C(=O)N[C@@H](C)C(=O)N[C@@H](CCSC)C(=O)N[C@@H](CCC(=O)O)C(=O)N[C@@H](C)C(=O)N[C@@H](CCCN=C(N)N)C(=O)O. The van der Waals surface area contributed by atoms with Crippen molar-refractivity contribution in [1.29, 1.82) is 0 Å². The van der Waals surface area contributed by atoms with Crippen LogP contribution in [0.4, 0.5) is 0 Å². The first-order valence-electron chi connectivity index (χ1n) is 35.5. The lowest BCUT2D eigenvalue weighted by molar-refractivity contribution is -0.142. The van der Waals surface area contributed by atoms with Gasteiger partial charge in [0.25, 0.3) is 0 Å². The minimum Gasteiger partial charge on any atom is -0.481 e. The van der Waals surface area contributed by atoms with Crippen LogP contribution in [0.3, 0.4) is 0 Å². The lowest BCUT2D eigenvalue weighted by atomic mass is 9.97. The summed E-state index contributed by atoms with van der Waals surface area (Å²) >= 11 is 2.48. The maximum Gasteiger partial charge on any atom is 0.326 e. The summed E-state index contributed by atoms with van der Waals surface area (Å²) in [5.41, 5.74) is 37.8. The van der Waals surface area contributed by atoms with Crippen LogP contribution in [-0.4, -0.2) is 280 Å². The van der Waals surface area contributed by atoms with E-state index in [9.17, 15) is 107 Å². The number of nitrogens with one attached hydrogen (secondary N) is 14. The molecule has 32 N–H and O–H groups in total. The summed E-state index contributed by atoms with van der Waals surface area (Å²) in [5.74, 6) is -20.7. The highest BCUT2D eigenvalue weighted by atomic mass is 32.2. The molecule has 0 unspecified atom stereocenters. The van der Waals surface area contributed by atoms with Crippen molar-refractivity contribution in [2.45, 2.75) is 210 Å². The number of carboxylic acid groups (broad SMARTS) is 4. The molecule has 46 nitrogen and oxygen atoms in total.